The van der Waals surface area contributed by atoms with Crippen LogP contribution in [0.3, 0.4) is 0 Å². The number of fused-ring (bicyclic) bond motifs is 1. The molecular weight excluding hydrogens is 414 g/mol. The number of aromatic nitrogens is 2. The van der Waals surface area contributed by atoms with E-state index in [2.05, 4.69) is 9.97 Å². The molecule has 0 aliphatic heterocycles. The fourth-order valence-corrected chi connectivity index (χ4v) is 3.90. The van der Waals surface area contributed by atoms with Gasteiger partial charge in [0.25, 0.3) is 0 Å². The molecule has 31 heavy (non-hydrogen) atoms. The van der Waals surface area contributed by atoms with Gasteiger partial charge in [-0.25, -0.2) is 22.5 Å². The monoisotopic (exact) mass is 433 g/mol. The minimum Gasteiger partial charge on any atom is -0.423 e. The summed E-state index contributed by atoms with van der Waals surface area (Å²) in [6.45, 7) is 0. The van der Waals surface area contributed by atoms with E-state index in [0.717, 1.165) is 20.9 Å². The van der Waals surface area contributed by atoms with Crippen molar-refractivity contribution < 1.29 is 17.9 Å². The largest absolute Gasteiger partial charge is 0.423 e. The van der Waals surface area contributed by atoms with Gasteiger partial charge in [0.2, 0.25) is 10.0 Å². The van der Waals surface area contributed by atoms with E-state index in [0.29, 0.717) is 11.4 Å². The van der Waals surface area contributed by atoms with Crippen LogP contribution in [0.5, 0.6) is 5.75 Å². The molecule has 0 amide bonds. The first-order chi connectivity index (χ1) is 14.8. The van der Waals surface area contributed by atoms with Crippen molar-refractivity contribution in [2.24, 2.45) is 0 Å². The zero-order valence-electron chi connectivity index (χ0n) is 16.9. The number of hydrogen-bond acceptors (Lipinski definition) is 6. The lowest BCUT2D eigenvalue weighted by Crippen LogP contribution is -2.22. The molecule has 156 valence electrons. The number of benzene rings is 3. The number of rotatable bonds is 5. The molecule has 0 spiro atoms. The molecule has 8 heteroatoms. The van der Waals surface area contributed by atoms with Crippen LogP contribution in [-0.4, -0.2) is 42.8 Å². The third-order valence-electron chi connectivity index (χ3n) is 4.66. The lowest BCUT2D eigenvalue weighted by atomic mass is 10.1. The van der Waals surface area contributed by atoms with Crippen LogP contribution in [0.2, 0.25) is 0 Å². The van der Waals surface area contributed by atoms with E-state index in [9.17, 15) is 13.2 Å². The average Bonchev–Trinajstić information content (AvgIpc) is 2.79. The summed E-state index contributed by atoms with van der Waals surface area (Å²) in [7, 11) is -0.780. The Morgan fingerprint density at radius 1 is 0.903 bits per heavy atom. The molecule has 0 aliphatic rings. The predicted molar refractivity (Wildman–Crippen MR) is 117 cm³/mol. The number of ether oxygens (including phenoxy) is 1. The van der Waals surface area contributed by atoms with Gasteiger partial charge in [-0.05, 0) is 54.6 Å². The quantitative estimate of drug-likeness (QED) is 0.352. The maximum atomic E-state index is 12.5. The number of esters is 1. The molecule has 3 aromatic carbocycles. The van der Waals surface area contributed by atoms with Gasteiger partial charge >= 0.3 is 5.97 Å². The van der Waals surface area contributed by atoms with Gasteiger partial charge in [0.15, 0.2) is 0 Å². The normalized spacial score (nSPS) is 11.6. The Morgan fingerprint density at radius 2 is 1.61 bits per heavy atom. The standard InChI is InChI=1S/C23H19N3O4S/c1-26(2)31(28,29)19-7-5-6-17(14-19)23(27)30-18-12-10-16(11-13-18)22-15-24-20-8-3-4-9-21(20)25-22/h3-15H,1-2H3. The Hall–Kier alpha value is -3.62. The molecule has 0 N–H and O–H groups in total. The van der Waals surface area contributed by atoms with E-state index < -0.39 is 16.0 Å². The minimum atomic E-state index is -3.65. The van der Waals surface area contributed by atoms with Crippen LogP contribution in [0, 0.1) is 0 Å². The molecule has 1 aromatic heterocycles. The fourth-order valence-electron chi connectivity index (χ4n) is 2.95. The third-order valence-corrected chi connectivity index (χ3v) is 6.47. The summed E-state index contributed by atoms with van der Waals surface area (Å²) in [5.41, 5.74) is 3.29. The Labute approximate surface area is 180 Å². The van der Waals surface area contributed by atoms with E-state index in [1.807, 2.05) is 24.3 Å². The molecule has 0 fully saturated rings. The molecule has 0 unspecified atom stereocenters. The molecule has 0 saturated carbocycles. The van der Waals surface area contributed by atoms with E-state index in [4.69, 9.17) is 4.74 Å². The zero-order chi connectivity index (χ0) is 22.0. The van der Waals surface area contributed by atoms with Crippen molar-refractivity contribution in [2.45, 2.75) is 4.90 Å². The molecular formula is C23H19N3O4S. The number of carbonyl (C=O) groups excluding carboxylic acids is 1. The summed E-state index contributed by atoms with van der Waals surface area (Å²) >= 11 is 0. The summed E-state index contributed by atoms with van der Waals surface area (Å²) in [6, 6.07) is 20.2. The second-order valence-electron chi connectivity index (χ2n) is 6.97. The van der Waals surface area contributed by atoms with Gasteiger partial charge in [-0.2, -0.15) is 0 Å². The molecule has 4 aromatic rings. The molecule has 0 saturated heterocycles. The van der Waals surface area contributed by atoms with Crippen LogP contribution in [0.25, 0.3) is 22.3 Å². The first-order valence-electron chi connectivity index (χ1n) is 9.41. The van der Waals surface area contributed by atoms with Crippen LogP contribution in [-0.2, 0) is 10.0 Å². The fraction of sp³-hybridized carbons (Fsp3) is 0.0870. The first-order valence-corrected chi connectivity index (χ1v) is 10.9. The van der Waals surface area contributed by atoms with Crippen molar-refractivity contribution in [3.8, 4) is 17.0 Å². The Morgan fingerprint density at radius 3 is 2.32 bits per heavy atom. The molecule has 0 bridgehead atoms. The van der Waals surface area contributed by atoms with Crippen molar-refractivity contribution in [3.05, 3.63) is 84.6 Å². The molecule has 0 atom stereocenters. The van der Waals surface area contributed by atoms with Crippen molar-refractivity contribution in [3.63, 3.8) is 0 Å². The zero-order valence-corrected chi connectivity index (χ0v) is 17.7. The lowest BCUT2D eigenvalue weighted by Gasteiger charge is -2.12. The smallest absolute Gasteiger partial charge is 0.343 e. The molecule has 1 heterocycles. The van der Waals surface area contributed by atoms with Gasteiger partial charge in [-0.3, -0.25) is 4.98 Å². The third kappa shape index (κ3) is 4.30. The van der Waals surface area contributed by atoms with Gasteiger partial charge in [0.1, 0.15) is 5.75 Å². The molecule has 0 aliphatic carbocycles. The highest BCUT2D eigenvalue weighted by Crippen LogP contribution is 2.23. The maximum Gasteiger partial charge on any atom is 0.343 e. The van der Waals surface area contributed by atoms with Crippen LogP contribution >= 0.6 is 0 Å². The lowest BCUT2D eigenvalue weighted by molar-refractivity contribution is 0.0734. The Kier molecular flexibility index (Phi) is 5.50. The van der Waals surface area contributed by atoms with Crippen LogP contribution < -0.4 is 4.74 Å². The van der Waals surface area contributed by atoms with Crippen LogP contribution in [0.15, 0.2) is 83.9 Å². The number of carbonyl (C=O) groups is 1. The highest BCUT2D eigenvalue weighted by molar-refractivity contribution is 7.89. The van der Waals surface area contributed by atoms with Gasteiger partial charge in [-0.1, -0.05) is 18.2 Å². The van der Waals surface area contributed by atoms with E-state index in [1.54, 1.807) is 30.5 Å². The van der Waals surface area contributed by atoms with Crippen molar-refractivity contribution in [1.82, 2.24) is 14.3 Å². The van der Waals surface area contributed by atoms with Crippen molar-refractivity contribution in [1.29, 1.82) is 0 Å². The van der Waals surface area contributed by atoms with Gasteiger partial charge in [0.05, 0.1) is 33.4 Å². The van der Waals surface area contributed by atoms with Gasteiger partial charge in [-0.15, -0.1) is 0 Å². The van der Waals surface area contributed by atoms with E-state index in [1.165, 1.54) is 38.4 Å². The number of hydrogen-bond donors (Lipinski definition) is 0. The molecule has 7 nitrogen and oxygen atoms in total. The maximum absolute atomic E-state index is 12.5. The van der Waals surface area contributed by atoms with E-state index >= 15 is 0 Å². The summed E-state index contributed by atoms with van der Waals surface area (Å²) in [5, 5.41) is 0. The van der Waals surface area contributed by atoms with Gasteiger partial charge in [0, 0.05) is 19.7 Å². The minimum absolute atomic E-state index is 0.0252. The summed E-state index contributed by atoms with van der Waals surface area (Å²) in [5.74, 6) is -0.308. The van der Waals surface area contributed by atoms with Crippen molar-refractivity contribution in [2.75, 3.05) is 14.1 Å². The van der Waals surface area contributed by atoms with Gasteiger partial charge < -0.3 is 4.74 Å². The summed E-state index contributed by atoms with van der Waals surface area (Å²) in [4.78, 5) is 21.5. The number of nitrogens with zero attached hydrogens (tertiary/aromatic N) is 3. The summed E-state index contributed by atoms with van der Waals surface area (Å²) in [6.07, 6.45) is 1.69. The van der Waals surface area contributed by atoms with Crippen molar-refractivity contribution >= 4 is 27.0 Å². The first kappa shape index (κ1) is 20.6. The Bertz CT molecular complexity index is 1370. The van der Waals surface area contributed by atoms with Crippen LogP contribution in [0.1, 0.15) is 10.4 Å². The molecule has 4 rings (SSSR count). The second kappa shape index (κ2) is 8.25. The number of sulfonamides is 1. The Balaban J connectivity index is 1.53. The predicted octanol–water partition coefficient (Wildman–Crippen LogP) is 3.77. The SMILES string of the molecule is CN(C)S(=O)(=O)c1cccc(C(=O)Oc2ccc(-c3cnc4ccccc4n3)cc2)c1. The second-order valence-corrected chi connectivity index (χ2v) is 9.12. The highest BCUT2D eigenvalue weighted by Gasteiger charge is 2.19. The van der Waals surface area contributed by atoms with E-state index in [-0.39, 0.29) is 10.5 Å². The summed E-state index contributed by atoms with van der Waals surface area (Å²) < 4.78 is 31.1. The highest BCUT2D eigenvalue weighted by atomic mass is 32.2. The number of para-hydroxylation sites is 2. The molecule has 0 radical (unpaired) electrons. The topological polar surface area (TPSA) is 89.5 Å². The van der Waals surface area contributed by atoms with Crippen LogP contribution in [0.4, 0.5) is 0 Å². The average molecular weight is 433 g/mol.